The largest absolute Gasteiger partial charge is 0.489 e. The summed E-state index contributed by atoms with van der Waals surface area (Å²) in [6.45, 7) is 2.86. The number of hydrogen-bond acceptors (Lipinski definition) is 5. The number of ether oxygens (including phenoxy) is 1. The first kappa shape index (κ1) is 22.1. The minimum absolute atomic E-state index is 0.0274. The van der Waals surface area contributed by atoms with E-state index in [1.54, 1.807) is 11.0 Å². The number of hydrogen-bond donors (Lipinski definition) is 1. The maximum atomic E-state index is 12.9. The molecule has 1 N–H and O–H groups in total. The molecule has 3 rings (SSSR count). The van der Waals surface area contributed by atoms with Crippen LogP contribution in [0.15, 0.2) is 42.5 Å². The maximum absolute atomic E-state index is 12.9. The fourth-order valence-electron chi connectivity index (χ4n) is 3.54. The number of benzene rings is 1. The van der Waals surface area contributed by atoms with Gasteiger partial charge in [-0.3, -0.25) is 4.79 Å². The van der Waals surface area contributed by atoms with E-state index >= 15 is 0 Å². The second-order valence-electron chi connectivity index (χ2n) is 7.54. The van der Waals surface area contributed by atoms with Crippen molar-refractivity contribution in [3.63, 3.8) is 0 Å². The zero-order chi connectivity index (χ0) is 21.7. The first-order valence-corrected chi connectivity index (χ1v) is 9.94. The third-order valence-corrected chi connectivity index (χ3v) is 5.17. The molecule has 30 heavy (non-hydrogen) atoms. The summed E-state index contributed by atoms with van der Waals surface area (Å²) in [5.74, 6) is 1.05. The molecule has 1 saturated heterocycles. The predicted molar refractivity (Wildman–Crippen MR) is 107 cm³/mol. The molecule has 1 aromatic heterocycles. The smallest absolute Gasteiger partial charge is 0.433 e. The van der Waals surface area contributed by atoms with Crippen molar-refractivity contribution in [3.8, 4) is 5.75 Å². The molecule has 0 bridgehead atoms. The van der Waals surface area contributed by atoms with Crippen molar-refractivity contribution in [1.82, 2.24) is 4.98 Å². The number of ketones is 1. The van der Waals surface area contributed by atoms with Crippen LogP contribution in [0.25, 0.3) is 0 Å². The second kappa shape index (κ2) is 9.47. The number of Topliss-reactive ketones (excluding diaryl/α,β-unsaturated/α-hetero) is 1. The summed E-state index contributed by atoms with van der Waals surface area (Å²) in [4.78, 5) is 17.2. The van der Waals surface area contributed by atoms with E-state index in [2.05, 4.69) is 4.98 Å². The molecule has 1 aliphatic heterocycles. The highest BCUT2D eigenvalue weighted by molar-refractivity contribution is 5.79. The summed E-state index contributed by atoms with van der Waals surface area (Å²) in [6.07, 6.45) is -3.37. The molecule has 0 spiro atoms. The summed E-state index contributed by atoms with van der Waals surface area (Å²) >= 11 is 0. The molecule has 1 aromatic carbocycles. The molecular weight excluding hydrogens is 397 g/mol. The van der Waals surface area contributed by atoms with Crippen LogP contribution >= 0.6 is 0 Å². The number of anilines is 1. The zero-order valence-electron chi connectivity index (χ0n) is 16.7. The van der Waals surface area contributed by atoms with E-state index in [9.17, 15) is 18.0 Å². The van der Waals surface area contributed by atoms with Gasteiger partial charge in [-0.05, 0) is 35.7 Å². The van der Waals surface area contributed by atoms with Crippen molar-refractivity contribution in [1.29, 1.82) is 0 Å². The normalized spacial score (nSPS) is 17.8. The van der Waals surface area contributed by atoms with Crippen LogP contribution in [0, 0.1) is 0 Å². The lowest BCUT2D eigenvalue weighted by atomic mass is 9.95. The Balaban J connectivity index is 1.56. The molecule has 2 atom stereocenters. The Kier molecular flexibility index (Phi) is 6.97. The SMILES string of the molecule is C[C@H](CC(=O)CCO)c1ccc(OC2CCN(c3cccc(C(F)(F)F)n3)C2)cc1. The first-order chi connectivity index (χ1) is 14.3. The summed E-state index contributed by atoms with van der Waals surface area (Å²) in [5, 5.41) is 8.84. The minimum Gasteiger partial charge on any atom is -0.489 e. The van der Waals surface area contributed by atoms with E-state index in [-0.39, 0.29) is 30.8 Å². The third kappa shape index (κ3) is 5.72. The number of aliphatic hydroxyl groups is 1. The molecule has 2 aromatic rings. The number of carbonyl (C=O) groups is 1. The monoisotopic (exact) mass is 422 g/mol. The molecule has 1 unspecified atom stereocenters. The molecular formula is C22H25F3N2O3. The standard InChI is InChI=1S/C22H25F3N2O3/c1-15(13-17(29)10-12-28)16-5-7-18(8-6-16)30-19-9-11-27(14-19)21-4-2-3-20(26-21)22(23,24)25/h2-8,15,19,28H,9-14H2,1H3/t15-,19?/m1/s1. The van der Waals surface area contributed by atoms with Gasteiger partial charge in [-0.2, -0.15) is 13.2 Å². The van der Waals surface area contributed by atoms with Crippen LogP contribution in [-0.2, 0) is 11.0 Å². The van der Waals surface area contributed by atoms with Gasteiger partial charge in [0, 0.05) is 32.4 Å². The Morgan fingerprint density at radius 3 is 2.67 bits per heavy atom. The Hall–Kier alpha value is -2.61. The highest BCUT2D eigenvalue weighted by Crippen LogP contribution is 2.30. The van der Waals surface area contributed by atoms with Crippen LogP contribution in [0.4, 0.5) is 19.0 Å². The van der Waals surface area contributed by atoms with Crippen LogP contribution in [0.5, 0.6) is 5.75 Å². The van der Waals surface area contributed by atoms with E-state index in [1.165, 1.54) is 6.07 Å². The number of aliphatic hydroxyl groups excluding tert-OH is 1. The topological polar surface area (TPSA) is 62.7 Å². The Morgan fingerprint density at radius 1 is 1.27 bits per heavy atom. The van der Waals surface area contributed by atoms with Crippen molar-refractivity contribution in [2.75, 3.05) is 24.6 Å². The lowest BCUT2D eigenvalue weighted by Crippen LogP contribution is -2.25. The average molecular weight is 422 g/mol. The van der Waals surface area contributed by atoms with E-state index in [1.807, 2.05) is 31.2 Å². The van der Waals surface area contributed by atoms with Gasteiger partial charge in [-0.25, -0.2) is 4.98 Å². The van der Waals surface area contributed by atoms with Crippen molar-refractivity contribution in [2.24, 2.45) is 0 Å². The predicted octanol–water partition coefficient (Wildman–Crippen LogP) is 4.20. The van der Waals surface area contributed by atoms with E-state index in [4.69, 9.17) is 9.84 Å². The summed E-state index contributed by atoms with van der Waals surface area (Å²) in [5.41, 5.74) is 0.112. The summed E-state index contributed by atoms with van der Waals surface area (Å²) < 4.78 is 44.6. The van der Waals surface area contributed by atoms with Gasteiger partial charge in [0.1, 0.15) is 29.1 Å². The number of aromatic nitrogens is 1. The average Bonchev–Trinajstić information content (AvgIpc) is 3.16. The molecule has 0 aliphatic carbocycles. The third-order valence-electron chi connectivity index (χ3n) is 5.17. The van der Waals surface area contributed by atoms with Gasteiger partial charge >= 0.3 is 6.18 Å². The quantitative estimate of drug-likeness (QED) is 0.691. The minimum atomic E-state index is -4.47. The zero-order valence-corrected chi connectivity index (χ0v) is 16.7. The molecule has 0 amide bonds. The molecule has 1 aliphatic rings. The van der Waals surface area contributed by atoms with Gasteiger partial charge in [0.15, 0.2) is 0 Å². The molecule has 5 nitrogen and oxygen atoms in total. The van der Waals surface area contributed by atoms with Gasteiger partial charge in [-0.15, -0.1) is 0 Å². The molecule has 2 heterocycles. The molecule has 1 fully saturated rings. The fraction of sp³-hybridized carbons (Fsp3) is 0.455. The number of carbonyl (C=O) groups excluding carboxylic acids is 1. The lowest BCUT2D eigenvalue weighted by molar-refractivity contribution is -0.141. The summed E-state index contributed by atoms with van der Waals surface area (Å²) in [7, 11) is 0. The van der Waals surface area contributed by atoms with Gasteiger partial charge in [-0.1, -0.05) is 25.1 Å². The second-order valence-corrected chi connectivity index (χ2v) is 7.54. The number of alkyl halides is 3. The first-order valence-electron chi connectivity index (χ1n) is 9.94. The summed E-state index contributed by atoms with van der Waals surface area (Å²) in [6, 6.07) is 11.4. The Morgan fingerprint density at radius 2 is 2.00 bits per heavy atom. The van der Waals surface area contributed by atoms with Gasteiger partial charge in [0.05, 0.1) is 6.54 Å². The van der Waals surface area contributed by atoms with E-state index in [0.717, 1.165) is 11.6 Å². The highest BCUT2D eigenvalue weighted by atomic mass is 19.4. The van der Waals surface area contributed by atoms with Crippen LogP contribution < -0.4 is 9.64 Å². The van der Waals surface area contributed by atoms with E-state index < -0.39 is 11.9 Å². The van der Waals surface area contributed by atoms with Crippen LogP contribution in [0.2, 0.25) is 0 Å². The Labute approximate surface area is 173 Å². The molecule has 0 saturated carbocycles. The maximum Gasteiger partial charge on any atom is 0.433 e. The molecule has 0 radical (unpaired) electrons. The lowest BCUT2D eigenvalue weighted by Gasteiger charge is -2.19. The van der Waals surface area contributed by atoms with Crippen molar-refractivity contribution in [3.05, 3.63) is 53.7 Å². The molecule has 8 heteroatoms. The fourth-order valence-corrected chi connectivity index (χ4v) is 3.54. The number of rotatable bonds is 8. The highest BCUT2D eigenvalue weighted by Gasteiger charge is 2.33. The Bertz CT molecular complexity index is 855. The van der Waals surface area contributed by atoms with Crippen molar-refractivity contribution in [2.45, 2.75) is 44.4 Å². The molecule has 162 valence electrons. The van der Waals surface area contributed by atoms with Gasteiger partial charge < -0.3 is 14.7 Å². The number of nitrogens with zero attached hydrogens (tertiary/aromatic N) is 2. The number of pyridine rings is 1. The van der Waals surface area contributed by atoms with Crippen LogP contribution in [0.3, 0.4) is 0 Å². The van der Waals surface area contributed by atoms with Crippen molar-refractivity contribution >= 4 is 11.6 Å². The van der Waals surface area contributed by atoms with Gasteiger partial charge in [0.25, 0.3) is 0 Å². The van der Waals surface area contributed by atoms with Gasteiger partial charge in [0.2, 0.25) is 0 Å². The van der Waals surface area contributed by atoms with Crippen molar-refractivity contribution < 1.29 is 27.8 Å². The van der Waals surface area contributed by atoms with E-state index in [0.29, 0.717) is 37.5 Å². The van der Waals surface area contributed by atoms with Crippen LogP contribution in [0.1, 0.15) is 43.4 Å². The number of halogens is 3. The van der Waals surface area contributed by atoms with Crippen LogP contribution in [-0.4, -0.2) is 41.7 Å².